The Labute approximate surface area is 184 Å². The molecule has 1 unspecified atom stereocenters. The van der Waals surface area contributed by atoms with Crippen molar-refractivity contribution in [3.8, 4) is 0 Å². The van der Waals surface area contributed by atoms with Crippen LogP contribution in [0.2, 0.25) is 0 Å². The Balaban J connectivity index is 1.96. The number of carboxylic acid groups (broad SMARTS) is 1. The highest BCUT2D eigenvalue weighted by Crippen LogP contribution is 2.42. The van der Waals surface area contributed by atoms with E-state index in [9.17, 15) is 24.8 Å². The number of esters is 1. The van der Waals surface area contributed by atoms with Gasteiger partial charge in [-0.15, -0.1) is 0 Å². The second-order valence-corrected chi connectivity index (χ2v) is 7.17. The summed E-state index contributed by atoms with van der Waals surface area (Å²) in [6.45, 7) is 3.12. The number of benzene rings is 2. The van der Waals surface area contributed by atoms with E-state index in [0.717, 1.165) is 5.56 Å². The third-order valence-corrected chi connectivity index (χ3v) is 5.08. The van der Waals surface area contributed by atoms with E-state index < -0.39 is 22.8 Å². The first-order valence-corrected chi connectivity index (χ1v) is 9.85. The minimum Gasteiger partial charge on any atom is -0.478 e. The minimum atomic E-state index is -1.28. The molecule has 3 rings (SSSR count). The van der Waals surface area contributed by atoms with Gasteiger partial charge in [-0.1, -0.05) is 54.6 Å². The molecule has 0 fully saturated rings. The molecule has 164 valence electrons. The molecule has 0 saturated heterocycles. The first-order valence-electron chi connectivity index (χ1n) is 9.85. The molecule has 2 aromatic rings. The number of carbonyl (C=O) groups excluding carboxylic acids is 1. The van der Waals surface area contributed by atoms with Crippen molar-refractivity contribution in [2.75, 3.05) is 6.61 Å². The van der Waals surface area contributed by atoms with Gasteiger partial charge in [0.2, 0.25) is 0 Å². The maximum absolute atomic E-state index is 13.0. The first kappa shape index (κ1) is 22.5. The van der Waals surface area contributed by atoms with Crippen LogP contribution in [0.25, 0.3) is 6.08 Å². The molecule has 2 aromatic carbocycles. The summed E-state index contributed by atoms with van der Waals surface area (Å²) in [5, 5.41) is 24.3. The number of aliphatic carboxylic acids is 1. The third kappa shape index (κ3) is 4.75. The zero-order valence-corrected chi connectivity index (χ0v) is 17.6. The maximum Gasteiger partial charge on any atom is 0.337 e. The molecule has 1 aliphatic heterocycles. The van der Waals surface area contributed by atoms with Crippen molar-refractivity contribution in [1.29, 1.82) is 0 Å². The van der Waals surface area contributed by atoms with Crippen LogP contribution in [0.5, 0.6) is 0 Å². The third-order valence-electron chi connectivity index (χ3n) is 5.08. The Bertz CT molecular complexity index is 1150. The second kappa shape index (κ2) is 9.74. The van der Waals surface area contributed by atoms with Gasteiger partial charge < -0.3 is 15.2 Å². The molecule has 0 radical (unpaired) electrons. The van der Waals surface area contributed by atoms with Crippen molar-refractivity contribution < 1.29 is 24.4 Å². The van der Waals surface area contributed by atoms with E-state index in [2.05, 4.69) is 5.32 Å². The van der Waals surface area contributed by atoms with Crippen LogP contribution in [0.15, 0.2) is 83.2 Å². The van der Waals surface area contributed by atoms with Crippen LogP contribution >= 0.6 is 0 Å². The topological polar surface area (TPSA) is 119 Å². The highest BCUT2D eigenvalue weighted by molar-refractivity contribution is 5.99. The van der Waals surface area contributed by atoms with Gasteiger partial charge in [0.25, 0.3) is 5.69 Å². The Morgan fingerprint density at radius 1 is 1.06 bits per heavy atom. The Kier molecular flexibility index (Phi) is 6.84. The molecule has 32 heavy (non-hydrogen) atoms. The average Bonchev–Trinajstić information content (AvgIpc) is 2.76. The highest BCUT2D eigenvalue weighted by atomic mass is 16.6. The van der Waals surface area contributed by atoms with E-state index in [1.807, 2.05) is 30.3 Å². The monoisotopic (exact) mass is 434 g/mol. The predicted octanol–water partition coefficient (Wildman–Crippen LogP) is 4.17. The van der Waals surface area contributed by atoms with Crippen LogP contribution in [0.3, 0.4) is 0 Å². The van der Waals surface area contributed by atoms with Gasteiger partial charge in [0, 0.05) is 23.0 Å². The van der Waals surface area contributed by atoms with Crippen LogP contribution in [0, 0.1) is 10.1 Å². The number of allylic oxidation sites excluding steroid dienone is 2. The number of hydrogen-bond donors (Lipinski definition) is 2. The summed E-state index contributed by atoms with van der Waals surface area (Å²) in [6, 6.07) is 15.2. The van der Waals surface area contributed by atoms with E-state index in [0.29, 0.717) is 11.4 Å². The molecule has 2 N–H and O–H groups in total. The second-order valence-electron chi connectivity index (χ2n) is 7.17. The standard InChI is InChI=1S/C24H22N2O6/c1-15-20(23(27)28)22(18-12-6-7-13-19(18)26(30)31)21(16(2)25-15)24(29)32-14-8-11-17-9-4-3-5-10-17/h3-13,22,25H,14H2,1-2H3,(H,27,28)/b11-8+. The number of nitro groups is 1. The molecule has 0 aromatic heterocycles. The number of carbonyl (C=O) groups is 2. The van der Waals surface area contributed by atoms with Crippen LogP contribution < -0.4 is 5.32 Å². The van der Waals surface area contributed by atoms with Gasteiger partial charge >= 0.3 is 11.9 Å². The van der Waals surface area contributed by atoms with Crippen molar-refractivity contribution in [2.45, 2.75) is 19.8 Å². The predicted molar refractivity (Wildman–Crippen MR) is 118 cm³/mol. The maximum atomic E-state index is 13.0. The van der Waals surface area contributed by atoms with Crippen molar-refractivity contribution in [3.05, 3.63) is 104 Å². The lowest BCUT2D eigenvalue weighted by Gasteiger charge is -2.29. The number of nitrogens with zero attached hydrogens (tertiary/aromatic N) is 1. The lowest BCUT2D eigenvalue weighted by molar-refractivity contribution is -0.385. The van der Waals surface area contributed by atoms with Crippen molar-refractivity contribution in [1.82, 2.24) is 5.32 Å². The van der Waals surface area contributed by atoms with Crippen molar-refractivity contribution >= 4 is 23.7 Å². The zero-order valence-electron chi connectivity index (χ0n) is 17.6. The van der Waals surface area contributed by atoms with E-state index in [1.54, 1.807) is 32.1 Å². The molecule has 8 heteroatoms. The van der Waals surface area contributed by atoms with Gasteiger partial charge in [0.15, 0.2) is 0 Å². The summed E-state index contributed by atoms with van der Waals surface area (Å²) in [7, 11) is 0. The van der Waals surface area contributed by atoms with E-state index >= 15 is 0 Å². The number of nitro benzene ring substituents is 1. The smallest absolute Gasteiger partial charge is 0.337 e. The minimum absolute atomic E-state index is 0.0235. The molecule has 0 bridgehead atoms. The number of nitrogens with one attached hydrogen (secondary N) is 1. The number of para-hydroxylation sites is 1. The largest absolute Gasteiger partial charge is 0.478 e. The molecule has 8 nitrogen and oxygen atoms in total. The number of rotatable bonds is 7. The number of hydrogen-bond acceptors (Lipinski definition) is 6. The van der Waals surface area contributed by atoms with Crippen LogP contribution in [-0.4, -0.2) is 28.6 Å². The van der Waals surface area contributed by atoms with Gasteiger partial charge in [-0.05, 0) is 25.5 Å². The zero-order chi connectivity index (χ0) is 23.3. The molecule has 0 saturated carbocycles. The molecule has 0 spiro atoms. The number of ether oxygens (including phenoxy) is 1. The van der Waals surface area contributed by atoms with Crippen molar-refractivity contribution in [2.24, 2.45) is 0 Å². The molecule has 1 heterocycles. The van der Waals surface area contributed by atoms with E-state index in [4.69, 9.17) is 4.74 Å². The summed E-state index contributed by atoms with van der Waals surface area (Å²) in [6.07, 6.45) is 3.46. The Morgan fingerprint density at radius 3 is 2.34 bits per heavy atom. The van der Waals surface area contributed by atoms with Gasteiger partial charge in [-0.2, -0.15) is 0 Å². The van der Waals surface area contributed by atoms with Crippen LogP contribution in [0.4, 0.5) is 5.69 Å². The van der Waals surface area contributed by atoms with Gasteiger partial charge in [0.05, 0.1) is 22.0 Å². The molecule has 0 aliphatic carbocycles. The van der Waals surface area contributed by atoms with Gasteiger partial charge in [-0.25, -0.2) is 9.59 Å². The summed E-state index contributed by atoms with van der Waals surface area (Å²) in [5.74, 6) is -3.18. The van der Waals surface area contributed by atoms with Crippen LogP contribution in [-0.2, 0) is 14.3 Å². The molecular formula is C24H22N2O6. The Hall–Kier alpha value is -4.20. The number of carboxylic acids is 1. The first-order chi connectivity index (χ1) is 15.3. The molecule has 1 aliphatic rings. The molecule has 1 atom stereocenters. The molecular weight excluding hydrogens is 412 g/mol. The Morgan fingerprint density at radius 2 is 1.69 bits per heavy atom. The lowest BCUT2D eigenvalue weighted by Crippen LogP contribution is -2.32. The summed E-state index contributed by atoms with van der Waals surface area (Å²) in [4.78, 5) is 36.1. The normalized spacial score (nSPS) is 16.1. The summed E-state index contributed by atoms with van der Waals surface area (Å²) < 4.78 is 5.38. The van der Waals surface area contributed by atoms with Crippen molar-refractivity contribution in [3.63, 3.8) is 0 Å². The summed E-state index contributed by atoms with van der Waals surface area (Å²) >= 11 is 0. The van der Waals surface area contributed by atoms with Gasteiger partial charge in [-0.3, -0.25) is 10.1 Å². The fourth-order valence-corrected chi connectivity index (χ4v) is 3.71. The lowest BCUT2D eigenvalue weighted by atomic mass is 9.79. The highest BCUT2D eigenvalue weighted by Gasteiger charge is 2.40. The summed E-state index contributed by atoms with van der Waals surface area (Å²) in [5.41, 5.74) is 1.34. The fourth-order valence-electron chi connectivity index (χ4n) is 3.71. The van der Waals surface area contributed by atoms with E-state index in [-0.39, 0.29) is 29.0 Å². The quantitative estimate of drug-likeness (QED) is 0.381. The van der Waals surface area contributed by atoms with Crippen LogP contribution in [0.1, 0.15) is 30.9 Å². The van der Waals surface area contributed by atoms with E-state index in [1.165, 1.54) is 18.2 Å². The average molecular weight is 434 g/mol. The fraction of sp³-hybridized carbons (Fsp3) is 0.167. The SMILES string of the molecule is CC1=C(C(=O)O)C(c2ccccc2[N+](=O)[O-])C(C(=O)OC/C=C/c2ccccc2)=C(C)N1. The molecule has 0 amide bonds. The number of dihydropyridines is 1. The van der Waals surface area contributed by atoms with Gasteiger partial charge in [0.1, 0.15) is 6.61 Å².